The fraction of sp³-hybridized carbons (Fsp3) is 0.833. The van der Waals surface area contributed by atoms with Crippen molar-refractivity contribution in [1.29, 1.82) is 0 Å². The number of methoxy groups -OCH3 is 1. The molecule has 1 unspecified atom stereocenters. The normalized spacial score (nSPS) is 26.4. The summed E-state index contributed by atoms with van der Waals surface area (Å²) in [4.78, 5) is 11.2. The predicted molar refractivity (Wildman–Crippen MR) is 51.1 cm³/mol. The molecule has 0 N–H and O–H groups in total. The largest absolute Gasteiger partial charge is 0.468 e. The van der Waals surface area contributed by atoms with E-state index >= 15 is 0 Å². The van der Waals surface area contributed by atoms with E-state index in [9.17, 15) is 21.6 Å². The number of sulfone groups is 1. The molecule has 0 radical (unpaired) electrons. The van der Waals surface area contributed by atoms with Crippen LogP contribution in [0.5, 0.6) is 0 Å². The third-order valence-corrected chi connectivity index (χ3v) is 4.88. The van der Waals surface area contributed by atoms with E-state index in [1.165, 1.54) is 0 Å². The van der Waals surface area contributed by atoms with Crippen LogP contribution in [0, 0.1) is 0 Å². The highest BCUT2D eigenvalue weighted by Crippen LogP contribution is 2.19. The summed E-state index contributed by atoms with van der Waals surface area (Å²) in [7, 11) is -6.18. The van der Waals surface area contributed by atoms with Gasteiger partial charge in [0.15, 0.2) is 9.84 Å². The van der Waals surface area contributed by atoms with Crippen molar-refractivity contribution in [3.8, 4) is 0 Å². The zero-order valence-electron chi connectivity index (χ0n) is 8.20. The second-order valence-electron chi connectivity index (χ2n) is 3.23. The van der Waals surface area contributed by atoms with Gasteiger partial charge in [-0.3, -0.25) is 4.79 Å². The zero-order chi connectivity index (χ0) is 11.9. The van der Waals surface area contributed by atoms with Crippen LogP contribution in [-0.4, -0.2) is 58.1 Å². The lowest BCUT2D eigenvalue weighted by Crippen LogP contribution is -2.41. The molecular formula is C6H11NO6S2. The van der Waals surface area contributed by atoms with Crippen LogP contribution in [-0.2, 0) is 29.4 Å². The van der Waals surface area contributed by atoms with Crippen molar-refractivity contribution in [3.63, 3.8) is 0 Å². The Labute approximate surface area is 88.0 Å². The fourth-order valence-corrected chi connectivity index (χ4v) is 4.74. The topological polar surface area (TPSA) is 97.8 Å². The van der Waals surface area contributed by atoms with Crippen molar-refractivity contribution >= 4 is 25.8 Å². The zero-order valence-corrected chi connectivity index (χ0v) is 9.84. The number of ether oxygens (including phenoxy) is 1. The van der Waals surface area contributed by atoms with Gasteiger partial charge in [0, 0.05) is 0 Å². The van der Waals surface area contributed by atoms with Crippen LogP contribution in [0.15, 0.2) is 0 Å². The van der Waals surface area contributed by atoms with Gasteiger partial charge in [-0.15, -0.1) is 0 Å². The first-order chi connectivity index (χ1) is 6.67. The average Bonchev–Trinajstić information content (AvgIpc) is 2.39. The minimum absolute atomic E-state index is 0.521. The molecule has 0 aliphatic carbocycles. The van der Waals surface area contributed by atoms with Crippen LogP contribution in [0.3, 0.4) is 0 Å². The average molecular weight is 257 g/mol. The first-order valence-electron chi connectivity index (χ1n) is 3.92. The summed E-state index contributed by atoms with van der Waals surface area (Å²) >= 11 is 0. The molecule has 1 rings (SSSR count). The first-order valence-corrected chi connectivity index (χ1v) is 7.59. The molecule has 1 fully saturated rings. The van der Waals surface area contributed by atoms with Crippen molar-refractivity contribution < 1.29 is 26.4 Å². The van der Waals surface area contributed by atoms with E-state index in [2.05, 4.69) is 4.74 Å². The second-order valence-corrected chi connectivity index (χ2v) is 7.24. The van der Waals surface area contributed by atoms with Gasteiger partial charge in [-0.25, -0.2) is 16.8 Å². The molecule has 88 valence electrons. The maximum atomic E-state index is 11.2. The second kappa shape index (κ2) is 3.72. The molecule has 1 aliphatic heterocycles. The monoisotopic (exact) mass is 257 g/mol. The van der Waals surface area contributed by atoms with E-state index in [0.717, 1.165) is 13.4 Å². The Hall–Kier alpha value is -0.670. The predicted octanol–water partition coefficient (Wildman–Crippen LogP) is -1.82. The van der Waals surface area contributed by atoms with Crippen LogP contribution in [0.4, 0.5) is 0 Å². The lowest BCUT2D eigenvalue weighted by Gasteiger charge is -2.17. The van der Waals surface area contributed by atoms with Gasteiger partial charge < -0.3 is 4.74 Å². The number of sulfonamides is 1. The molecule has 0 spiro atoms. The quantitative estimate of drug-likeness (QED) is 0.540. The van der Waals surface area contributed by atoms with Crippen LogP contribution in [0.2, 0.25) is 0 Å². The summed E-state index contributed by atoms with van der Waals surface area (Å²) in [5.74, 6) is -2.04. The molecule has 1 atom stereocenters. The number of nitrogens with zero attached hydrogens (tertiary/aromatic N) is 1. The van der Waals surface area contributed by atoms with Gasteiger partial charge in [-0.05, 0) is 0 Å². The highest BCUT2D eigenvalue weighted by Gasteiger charge is 2.45. The van der Waals surface area contributed by atoms with Gasteiger partial charge in [0.05, 0.1) is 19.1 Å². The smallest absolute Gasteiger partial charge is 0.325 e. The van der Waals surface area contributed by atoms with Crippen LogP contribution in [0.1, 0.15) is 0 Å². The highest BCUT2D eigenvalue weighted by molar-refractivity contribution is 7.94. The van der Waals surface area contributed by atoms with Crippen molar-refractivity contribution in [1.82, 2.24) is 4.31 Å². The number of hydrogen-bond acceptors (Lipinski definition) is 6. The first kappa shape index (κ1) is 12.4. The van der Waals surface area contributed by atoms with Gasteiger partial charge in [-0.1, -0.05) is 0 Å². The van der Waals surface area contributed by atoms with E-state index in [0.29, 0.717) is 4.31 Å². The molecule has 0 amide bonds. The maximum absolute atomic E-state index is 11.2. The molecule has 1 heterocycles. The molecular weight excluding hydrogens is 246 g/mol. The Morgan fingerprint density at radius 1 is 1.47 bits per heavy atom. The molecule has 0 bridgehead atoms. The minimum Gasteiger partial charge on any atom is -0.468 e. The summed E-state index contributed by atoms with van der Waals surface area (Å²) in [5, 5.41) is 0. The van der Waals surface area contributed by atoms with Crippen LogP contribution < -0.4 is 0 Å². The molecule has 1 aliphatic rings. The van der Waals surface area contributed by atoms with Gasteiger partial charge in [0.2, 0.25) is 10.0 Å². The lowest BCUT2D eigenvalue weighted by atomic mass is 10.3. The molecule has 0 saturated carbocycles. The Balaban J connectivity index is 3.11. The van der Waals surface area contributed by atoms with Crippen LogP contribution >= 0.6 is 0 Å². The summed E-state index contributed by atoms with van der Waals surface area (Å²) in [5.41, 5.74) is 0. The lowest BCUT2D eigenvalue weighted by molar-refractivity contribution is -0.143. The third kappa shape index (κ3) is 2.67. The summed E-state index contributed by atoms with van der Waals surface area (Å²) in [6, 6.07) is -1.25. The van der Waals surface area contributed by atoms with E-state index in [1.807, 2.05) is 0 Å². The fourth-order valence-electron chi connectivity index (χ4n) is 1.31. The van der Waals surface area contributed by atoms with Gasteiger partial charge in [0.25, 0.3) is 0 Å². The Morgan fingerprint density at radius 2 is 2.00 bits per heavy atom. The minimum atomic E-state index is -3.72. The number of esters is 1. The van der Waals surface area contributed by atoms with Crippen molar-refractivity contribution in [2.75, 3.05) is 25.0 Å². The summed E-state index contributed by atoms with van der Waals surface area (Å²) in [6.45, 7) is 0. The van der Waals surface area contributed by atoms with E-state index < -0.39 is 43.5 Å². The third-order valence-electron chi connectivity index (χ3n) is 1.98. The Kier molecular flexibility index (Phi) is 3.08. The van der Waals surface area contributed by atoms with Crippen molar-refractivity contribution in [3.05, 3.63) is 0 Å². The van der Waals surface area contributed by atoms with E-state index in [-0.39, 0.29) is 0 Å². The van der Waals surface area contributed by atoms with Gasteiger partial charge in [0.1, 0.15) is 11.9 Å². The number of carbonyl (C=O) groups excluding carboxylic acids is 1. The van der Waals surface area contributed by atoms with E-state index in [1.54, 1.807) is 0 Å². The van der Waals surface area contributed by atoms with E-state index in [4.69, 9.17) is 0 Å². The number of carbonyl (C=O) groups is 1. The molecule has 0 aromatic carbocycles. The number of rotatable bonds is 2. The molecule has 0 aromatic rings. The summed E-state index contributed by atoms with van der Waals surface area (Å²) < 4.78 is 49.8. The number of hydrogen-bond donors (Lipinski definition) is 0. The van der Waals surface area contributed by atoms with Crippen molar-refractivity contribution in [2.24, 2.45) is 0 Å². The Morgan fingerprint density at radius 3 is 2.40 bits per heavy atom. The highest BCUT2D eigenvalue weighted by atomic mass is 32.2. The Bertz CT molecular complexity index is 464. The molecule has 9 heteroatoms. The molecule has 1 saturated heterocycles. The standard InChI is InChI=1S/C6H11NO6S2/c1-13-6(8)5-3-15(11,12)4-7(5)14(2,9)10/h5H,3-4H2,1-2H3. The SMILES string of the molecule is COC(=O)C1CS(=O)(=O)CN1S(C)(=O)=O. The summed E-state index contributed by atoms with van der Waals surface area (Å²) in [6.07, 6.45) is 0.851. The molecule has 7 nitrogen and oxygen atoms in total. The van der Waals surface area contributed by atoms with Crippen molar-refractivity contribution in [2.45, 2.75) is 6.04 Å². The van der Waals surface area contributed by atoms with Gasteiger partial charge >= 0.3 is 5.97 Å². The van der Waals surface area contributed by atoms with Gasteiger partial charge in [-0.2, -0.15) is 4.31 Å². The molecule has 0 aromatic heterocycles. The molecule has 15 heavy (non-hydrogen) atoms. The maximum Gasteiger partial charge on any atom is 0.325 e. The van der Waals surface area contributed by atoms with Crippen LogP contribution in [0.25, 0.3) is 0 Å².